The van der Waals surface area contributed by atoms with Crippen molar-refractivity contribution < 1.29 is 13.2 Å². The highest BCUT2D eigenvalue weighted by atomic mass is 35.5. The molecule has 20 heavy (non-hydrogen) atoms. The van der Waals surface area contributed by atoms with Crippen LogP contribution in [0.2, 0.25) is 0 Å². The first-order valence-corrected chi connectivity index (χ1v) is 9.26. The van der Waals surface area contributed by atoms with E-state index in [4.69, 9.17) is 11.6 Å². The maximum Gasteiger partial charge on any atom is 0.234 e. The second kappa shape index (κ2) is 5.44. The molecule has 6 nitrogen and oxygen atoms in total. The van der Waals surface area contributed by atoms with Crippen LogP contribution in [0.15, 0.2) is 0 Å². The topological polar surface area (TPSA) is 78.5 Å². The monoisotopic (exact) mass is 321 g/mol. The van der Waals surface area contributed by atoms with Crippen molar-refractivity contribution in [2.75, 3.05) is 44.2 Å². The highest BCUT2D eigenvalue weighted by Crippen LogP contribution is 2.26. The van der Waals surface area contributed by atoms with Crippen LogP contribution in [-0.4, -0.2) is 74.9 Å². The lowest BCUT2D eigenvalue weighted by Gasteiger charge is -2.19. The molecular weight excluding hydrogens is 302 g/mol. The molecule has 2 N–H and O–H groups in total. The average Bonchev–Trinajstić information content (AvgIpc) is 2.92. The summed E-state index contributed by atoms with van der Waals surface area (Å²) in [6.45, 7) is 4.30. The largest absolute Gasteiger partial charge is 0.350 e. The molecule has 0 aromatic rings. The predicted molar refractivity (Wildman–Crippen MR) is 76.5 cm³/mol. The molecule has 0 saturated carbocycles. The first kappa shape index (κ1) is 14.6. The number of hydrogen-bond donors (Lipinski definition) is 2. The van der Waals surface area contributed by atoms with E-state index >= 15 is 0 Å². The van der Waals surface area contributed by atoms with Gasteiger partial charge in [-0.25, -0.2) is 8.42 Å². The SMILES string of the molecule is O=C(CN1CC2CNCC2C1)NC1CS(=O)(=O)CC1Cl. The molecule has 4 atom stereocenters. The van der Waals surface area contributed by atoms with E-state index in [1.807, 2.05) is 0 Å². The van der Waals surface area contributed by atoms with Gasteiger partial charge in [-0.2, -0.15) is 0 Å². The Kier molecular flexibility index (Phi) is 3.96. The molecule has 0 aromatic carbocycles. The third kappa shape index (κ3) is 3.10. The van der Waals surface area contributed by atoms with Crippen LogP contribution < -0.4 is 10.6 Å². The van der Waals surface area contributed by atoms with Gasteiger partial charge >= 0.3 is 0 Å². The molecule has 114 valence electrons. The van der Waals surface area contributed by atoms with E-state index in [0.717, 1.165) is 26.2 Å². The molecule has 1 amide bonds. The summed E-state index contributed by atoms with van der Waals surface area (Å²) in [4.78, 5) is 14.2. The third-order valence-electron chi connectivity index (χ3n) is 4.46. The smallest absolute Gasteiger partial charge is 0.234 e. The molecule has 0 aliphatic carbocycles. The van der Waals surface area contributed by atoms with Gasteiger partial charge in [0.2, 0.25) is 5.91 Å². The Bertz CT molecular complexity index is 486. The molecule has 0 radical (unpaired) electrons. The number of nitrogens with one attached hydrogen (secondary N) is 2. The minimum atomic E-state index is -3.10. The molecule has 3 aliphatic rings. The Labute approximate surface area is 124 Å². The minimum Gasteiger partial charge on any atom is -0.350 e. The normalized spacial score (nSPS) is 39.9. The maximum atomic E-state index is 12.0. The number of halogens is 1. The summed E-state index contributed by atoms with van der Waals surface area (Å²) in [5, 5.41) is 5.62. The van der Waals surface area contributed by atoms with Crippen LogP contribution in [0.25, 0.3) is 0 Å². The Morgan fingerprint density at radius 3 is 2.45 bits per heavy atom. The summed E-state index contributed by atoms with van der Waals surface area (Å²) in [7, 11) is -3.10. The summed E-state index contributed by atoms with van der Waals surface area (Å²) in [5.74, 6) is 1.10. The van der Waals surface area contributed by atoms with Crippen molar-refractivity contribution in [3.05, 3.63) is 0 Å². The summed E-state index contributed by atoms with van der Waals surface area (Å²) in [6.07, 6.45) is 0. The van der Waals surface area contributed by atoms with Gasteiger partial charge in [0.05, 0.1) is 29.5 Å². The average molecular weight is 322 g/mol. The van der Waals surface area contributed by atoms with Crippen LogP contribution in [-0.2, 0) is 14.6 Å². The van der Waals surface area contributed by atoms with Crippen molar-refractivity contribution in [3.8, 4) is 0 Å². The second-order valence-electron chi connectivity index (χ2n) is 6.14. The number of fused-ring (bicyclic) bond motifs is 1. The highest BCUT2D eigenvalue weighted by molar-refractivity contribution is 7.91. The number of carbonyl (C=O) groups is 1. The van der Waals surface area contributed by atoms with Gasteiger partial charge in [0.15, 0.2) is 9.84 Å². The molecule has 0 spiro atoms. The molecular formula is C12H20ClN3O3S. The summed E-state index contributed by atoms with van der Waals surface area (Å²) >= 11 is 5.99. The van der Waals surface area contributed by atoms with Gasteiger partial charge in [0.1, 0.15) is 0 Å². The van der Waals surface area contributed by atoms with Gasteiger partial charge in [-0.15, -0.1) is 11.6 Å². The number of sulfone groups is 1. The van der Waals surface area contributed by atoms with Gasteiger partial charge < -0.3 is 10.6 Å². The van der Waals surface area contributed by atoms with Crippen LogP contribution in [0.3, 0.4) is 0 Å². The number of hydrogen-bond acceptors (Lipinski definition) is 5. The highest BCUT2D eigenvalue weighted by Gasteiger charge is 2.39. The van der Waals surface area contributed by atoms with Crippen molar-refractivity contribution in [2.24, 2.45) is 11.8 Å². The first-order valence-electron chi connectivity index (χ1n) is 7.00. The van der Waals surface area contributed by atoms with E-state index in [0.29, 0.717) is 18.4 Å². The molecule has 0 aromatic heterocycles. The van der Waals surface area contributed by atoms with Crippen LogP contribution >= 0.6 is 11.6 Å². The Morgan fingerprint density at radius 1 is 1.25 bits per heavy atom. The van der Waals surface area contributed by atoms with Crippen molar-refractivity contribution in [3.63, 3.8) is 0 Å². The lowest BCUT2D eigenvalue weighted by molar-refractivity contribution is -0.122. The van der Waals surface area contributed by atoms with E-state index in [2.05, 4.69) is 15.5 Å². The fourth-order valence-corrected chi connectivity index (χ4v) is 6.02. The van der Waals surface area contributed by atoms with Crippen molar-refractivity contribution in [1.82, 2.24) is 15.5 Å². The molecule has 4 unspecified atom stereocenters. The fraction of sp³-hybridized carbons (Fsp3) is 0.917. The van der Waals surface area contributed by atoms with Crippen LogP contribution in [0, 0.1) is 11.8 Å². The van der Waals surface area contributed by atoms with Gasteiger partial charge in [0.25, 0.3) is 0 Å². The van der Waals surface area contributed by atoms with Gasteiger partial charge in [-0.05, 0) is 24.9 Å². The third-order valence-corrected chi connectivity index (χ3v) is 6.84. The van der Waals surface area contributed by atoms with E-state index < -0.39 is 21.3 Å². The predicted octanol–water partition coefficient (Wildman–Crippen LogP) is -1.34. The Morgan fingerprint density at radius 2 is 1.90 bits per heavy atom. The number of carbonyl (C=O) groups excluding carboxylic acids is 1. The van der Waals surface area contributed by atoms with Crippen molar-refractivity contribution >= 4 is 27.3 Å². The fourth-order valence-electron chi connectivity index (χ4n) is 3.47. The molecule has 0 bridgehead atoms. The van der Waals surface area contributed by atoms with E-state index in [1.165, 1.54) is 0 Å². The Hall–Kier alpha value is -0.370. The van der Waals surface area contributed by atoms with E-state index in [-0.39, 0.29) is 17.4 Å². The second-order valence-corrected chi connectivity index (χ2v) is 8.85. The van der Waals surface area contributed by atoms with Gasteiger partial charge in [-0.1, -0.05) is 0 Å². The summed E-state index contributed by atoms with van der Waals surface area (Å²) in [6, 6.07) is -0.446. The summed E-state index contributed by atoms with van der Waals surface area (Å²) < 4.78 is 22.9. The van der Waals surface area contributed by atoms with Crippen LogP contribution in [0.4, 0.5) is 0 Å². The lowest BCUT2D eigenvalue weighted by atomic mass is 10.0. The number of likely N-dealkylation sites (tertiary alicyclic amines) is 1. The first-order chi connectivity index (χ1) is 9.43. The molecule has 3 aliphatic heterocycles. The van der Waals surface area contributed by atoms with Gasteiger partial charge in [-0.3, -0.25) is 9.69 Å². The number of amides is 1. The molecule has 3 saturated heterocycles. The molecule has 3 heterocycles. The molecule has 3 rings (SSSR count). The number of nitrogens with zero attached hydrogens (tertiary/aromatic N) is 1. The number of alkyl halides is 1. The minimum absolute atomic E-state index is 0.0396. The van der Waals surface area contributed by atoms with Crippen molar-refractivity contribution in [1.29, 1.82) is 0 Å². The zero-order valence-electron chi connectivity index (χ0n) is 11.2. The summed E-state index contributed by atoms with van der Waals surface area (Å²) in [5.41, 5.74) is 0. The standard InChI is InChI=1S/C12H20ClN3O3S/c13-10-6-20(18,19)7-11(10)15-12(17)5-16-3-8-1-14-2-9(8)4-16/h8-11,14H,1-7H2,(H,15,17). The number of rotatable bonds is 3. The van der Waals surface area contributed by atoms with Crippen molar-refractivity contribution in [2.45, 2.75) is 11.4 Å². The quantitative estimate of drug-likeness (QED) is 0.629. The van der Waals surface area contributed by atoms with E-state index in [9.17, 15) is 13.2 Å². The molecule has 8 heteroatoms. The van der Waals surface area contributed by atoms with Gasteiger partial charge in [0, 0.05) is 13.1 Å². The lowest BCUT2D eigenvalue weighted by Crippen LogP contribution is -2.45. The zero-order valence-corrected chi connectivity index (χ0v) is 12.8. The Balaban J connectivity index is 1.48. The molecule has 3 fully saturated rings. The maximum absolute atomic E-state index is 12.0. The van der Waals surface area contributed by atoms with Crippen LogP contribution in [0.5, 0.6) is 0 Å². The van der Waals surface area contributed by atoms with E-state index in [1.54, 1.807) is 0 Å². The van der Waals surface area contributed by atoms with Crippen LogP contribution in [0.1, 0.15) is 0 Å². The zero-order chi connectivity index (χ0) is 14.3.